The molecule has 102 valence electrons. The first kappa shape index (κ1) is 17.0. The Hall–Kier alpha value is -0.0300. The highest BCUT2D eigenvalue weighted by Gasteiger charge is 2.15. The van der Waals surface area contributed by atoms with Crippen molar-refractivity contribution in [3.05, 3.63) is 0 Å². The Labute approximate surface area is 113 Å². The van der Waals surface area contributed by atoms with Gasteiger partial charge in [-0.3, -0.25) is 0 Å². The van der Waals surface area contributed by atoms with E-state index in [2.05, 4.69) is 19.2 Å². The maximum atomic E-state index is 11.3. The summed E-state index contributed by atoms with van der Waals surface area (Å²) in [4.78, 5) is 11.3. The molecule has 0 aliphatic rings. The van der Waals surface area contributed by atoms with Crippen LogP contribution in [0.5, 0.6) is 0 Å². The average Bonchev–Trinajstić information content (AvgIpc) is 2.12. The lowest BCUT2D eigenvalue weighted by Crippen LogP contribution is -2.33. The third-order valence-electron chi connectivity index (χ3n) is 1.72. The van der Waals surface area contributed by atoms with Gasteiger partial charge < -0.3 is 10.1 Å². The third-order valence-corrected chi connectivity index (χ3v) is 4.16. The Kier molecular flexibility index (Phi) is 8.96. The second-order valence-electron chi connectivity index (χ2n) is 5.26. The van der Waals surface area contributed by atoms with Gasteiger partial charge in [0.1, 0.15) is 5.60 Å². The molecule has 0 radical (unpaired) electrons. The summed E-state index contributed by atoms with van der Waals surface area (Å²) in [6, 6.07) is 0. The molecule has 5 heteroatoms. The molecule has 3 nitrogen and oxygen atoms in total. The smallest absolute Gasteiger partial charge is 0.407 e. The van der Waals surface area contributed by atoms with Gasteiger partial charge in [0.2, 0.25) is 0 Å². The van der Waals surface area contributed by atoms with Gasteiger partial charge in [-0.25, -0.2) is 4.79 Å². The quantitative estimate of drug-likeness (QED) is 0.566. The van der Waals surface area contributed by atoms with Gasteiger partial charge >= 0.3 is 6.09 Å². The molecule has 0 saturated heterocycles. The number of hydrogen-bond acceptors (Lipinski definition) is 4. The van der Waals surface area contributed by atoms with E-state index in [9.17, 15) is 4.79 Å². The SMILES string of the molecule is CC(C)CCSSCCNC(=O)OC(C)(C)C. The summed E-state index contributed by atoms with van der Waals surface area (Å²) in [6.07, 6.45) is 0.919. The number of alkyl carbamates (subject to hydrolysis) is 1. The summed E-state index contributed by atoms with van der Waals surface area (Å²) in [6.45, 7) is 10.7. The van der Waals surface area contributed by atoms with E-state index in [-0.39, 0.29) is 6.09 Å². The molecule has 0 aliphatic carbocycles. The topological polar surface area (TPSA) is 38.3 Å². The Bertz CT molecular complexity index is 215. The normalized spacial score (nSPS) is 11.6. The van der Waals surface area contributed by atoms with Crippen molar-refractivity contribution < 1.29 is 9.53 Å². The van der Waals surface area contributed by atoms with E-state index in [0.29, 0.717) is 6.54 Å². The molecular weight excluding hydrogens is 254 g/mol. The van der Waals surface area contributed by atoms with Gasteiger partial charge in [0, 0.05) is 18.1 Å². The molecule has 1 N–H and O–H groups in total. The van der Waals surface area contributed by atoms with Crippen molar-refractivity contribution >= 4 is 27.7 Å². The van der Waals surface area contributed by atoms with Crippen molar-refractivity contribution in [2.75, 3.05) is 18.1 Å². The molecule has 0 rings (SSSR count). The number of carbonyl (C=O) groups excluding carboxylic acids is 1. The van der Waals surface area contributed by atoms with Gasteiger partial charge in [-0.15, -0.1) is 0 Å². The fourth-order valence-electron chi connectivity index (χ4n) is 0.911. The molecule has 0 spiro atoms. The number of nitrogens with one attached hydrogen (secondary N) is 1. The lowest BCUT2D eigenvalue weighted by Gasteiger charge is -2.19. The second kappa shape index (κ2) is 8.97. The number of amides is 1. The summed E-state index contributed by atoms with van der Waals surface area (Å²) in [5, 5.41) is 2.74. The van der Waals surface area contributed by atoms with E-state index in [1.165, 1.54) is 12.2 Å². The van der Waals surface area contributed by atoms with Crippen LogP contribution in [0.2, 0.25) is 0 Å². The first-order chi connectivity index (χ1) is 7.81. The van der Waals surface area contributed by atoms with Gasteiger partial charge in [-0.2, -0.15) is 0 Å². The zero-order valence-electron chi connectivity index (χ0n) is 11.5. The predicted molar refractivity (Wildman–Crippen MR) is 78.6 cm³/mol. The maximum absolute atomic E-state index is 11.3. The van der Waals surface area contributed by atoms with Gasteiger partial charge in [-0.1, -0.05) is 35.4 Å². The zero-order chi connectivity index (χ0) is 13.3. The van der Waals surface area contributed by atoms with E-state index in [1.54, 1.807) is 10.8 Å². The van der Waals surface area contributed by atoms with Crippen LogP contribution in [0.4, 0.5) is 4.79 Å². The van der Waals surface area contributed by atoms with Crippen LogP contribution < -0.4 is 5.32 Å². The number of carbonyl (C=O) groups is 1. The predicted octanol–water partition coefficient (Wildman–Crippen LogP) is 3.94. The lowest BCUT2D eigenvalue weighted by atomic mass is 10.2. The van der Waals surface area contributed by atoms with Crippen LogP contribution in [0.25, 0.3) is 0 Å². The molecule has 0 aromatic rings. The van der Waals surface area contributed by atoms with Crippen molar-refractivity contribution in [3.63, 3.8) is 0 Å². The monoisotopic (exact) mass is 279 g/mol. The van der Waals surface area contributed by atoms with Crippen molar-refractivity contribution in [2.45, 2.75) is 46.6 Å². The molecular formula is C12H25NO2S2. The molecule has 0 bridgehead atoms. The largest absolute Gasteiger partial charge is 0.444 e. The minimum Gasteiger partial charge on any atom is -0.444 e. The zero-order valence-corrected chi connectivity index (χ0v) is 13.2. The summed E-state index contributed by atoms with van der Waals surface area (Å²) >= 11 is 0. The van der Waals surface area contributed by atoms with E-state index >= 15 is 0 Å². The molecule has 0 unspecified atom stereocenters. The van der Waals surface area contributed by atoms with Crippen molar-refractivity contribution in [1.29, 1.82) is 0 Å². The highest BCUT2D eigenvalue weighted by molar-refractivity contribution is 8.76. The van der Waals surface area contributed by atoms with E-state index in [0.717, 1.165) is 11.7 Å². The second-order valence-corrected chi connectivity index (χ2v) is 7.96. The van der Waals surface area contributed by atoms with Crippen molar-refractivity contribution in [1.82, 2.24) is 5.32 Å². The van der Waals surface area contributed by atoms with Crippen LogP contribution in [-0.2, 0) is 4.74 Å². The summed E-state index contributed by atoms with van der Waals surface area (Å²) in [5.41, 5.74) is -0.413. The summed E-state index contributed by atoms with van der Waals surface area (Å²) in [7, 11) is 3.67. The molecule has 0 fully saturated rings. The van der Waals surface area contributed by atoms with Crippen LogP contribution >= 0.6 is 21.6 Å². The van der Waals surface area contributed by atoms with Crippen LogP contribution in [0.15, 0.2) is 0 Å². The molecule has 0 aromatic heterocycles. The van der Waals surface area contributed by atoms with Crippen LogP contribution in [0.3, 0.4) is 0 Å². The molecule has 0 aromatic carbocycles. The van der Waals surface area contributed by atoms with Crippen molar-refractivity contribution in [3.8, 4) is 0 Å². The molecule has 17 heavy (non-hydrogen) atoms. The van der Waals surface area contributed by atoms with Crippen LogP contribution in [-0.4, -0.2) is 29.7 Å². The highest BCUT2D eigenvalue weighted by atomic mass is 33.1. The van der Waals surface area contributed by atoms with Crippen LogP contribution in [0.1, 0.15) is 41.0 Å². The van der Waals surface area contributed by atoms with E-state index < -0.39 is 5.60 Å². The third kappa shape index (κ3) is 13.9. The minimum atomic E-state index is -0.413. The lowest BCUT2D eigenvalue weighted by molar-refractivity contribution is 0.0531. The summed E-state index contributed by atoms with van der Waals surface area (Å²) < 4.78 is 5.13. The van der Waals surface area contributed by atoms with E-state index in [1.807, 2.05) is 31.6 Å². The fourth-order valence-corrected chi connectivity index (χ4v) is 3.15. The number of rotatable bonds is 7. The molecule has 0 aliphatic heterocycles. The Morgan fingerprint density at radius 2 is 1.82 bits per heavy atom. The van der Waals surface area contributed by atoms with Gasteiger partial charge in [-0.05, 0) is 33.1 Å². The summed E-state index contributed by atoms with van der Waals surface area (Å²) in [5.74, 6) is 2.86. The van der Waals surface area contributed by atoms with Crippen molar-refractivity contribution in [2.24, 2.45) is 5.92 Å². The maximum Gasteiger partial charge on any atom is 0.407 e. The average molecular weight is 279 g/mol. The molecule has 1 amide bonds. The molecule has 0 saturated carbocycles. The first-order valence-electron chi connectivity index (χ1n) is 6.02. The standard InChI is InChI=1S/C12H25NO2S2/c1-10(2)6-8-16-17-9-7-13-11(14)15-12(3,4)5/h10H,6-9H2,1-5H3,(H,13,14). The van der Waals surface area contributed by atoms with Gasteiger partial charge in [0.25, 0.3) is 0 Å². The van der Waals surface area contributed by atoms with Gasteiger partial charge in [0.05, 0.1) is 0 Å². The first-order valence-corrected chi connectivity index (χ1v) is 8.51. The highest BCUT2D eigenvalue weighted by Crippen LogP contribution is 2.22. The fraction of sp³-hybridized carbons (Fsp3) is 0.917. The van der Waals surface area contributed by atoms with Gasteiger partial charge in [0.15, 0.2) is 0 Å². The Morgan fingerprint density at radius 3 is 2.35 bits per heavy atom. The Balaban J connectivity index is 3.31. The molecule has 0 heterocycles. The van der Waals surface area contributed by atoms with Crippen LogP contribution in [0, 0.1) is 5.92 Å². The number of ether oxygens (including phenoxy) is 1. The van der Waals surface area contributed by atoms with E-state index in [4.69, 9.17) is 4.74 Å². The minimum absolute atomic E-state index is 0.328. The molecule has 0 atom stereocenters. The Morgan fingerprint density at radius 1 is 1.24 bits per heavy atom. The number of hydrogen-bond donors (Lipinski definition) is 1.